The molecule has 1 rings (SSSR count). The molecule has 0 spiro atoms. The molecule has 1 atom stereocenters. The number of rotatable bonds is 5. The van der Waals surface area contributed by atoms with Crippen LogP contribution in [-0.4, -0.2) is 34.8 Å². The van der Waals surface area contributed by atoms with Crippen LogP contribution in [0.2, 0.25) is 0 Å². The van der Waals surface area contributed by atoms with E-state index in [2.05, 4.69) is 13.8 Å². The lowest BCUT2D eigenvalue weighted by Gasteiger charge is -2.17. The van der Waals surface area contributed by atoms with Crippen molar-refractivity contribution in [3.8, 4) is 0 Å². The zero-order valence-electron chi connectivity index (χ0n) is 10.4. The molecule has 1 saturated heterocycles. The Morgan fingerprint density at radius 3 is 2.81 bits per heavy atom. The van der Waals surface area contributed by atoms with Crippen LogP contribution in [0.4, 0.5) is 0 Å². The van der Waals surface area contributed by atoms with Gasteiger partial charge in [0.05, 0.1) is 0 Å². The van der Waals surface area contributed by atoms with Crippen LogP contribution in [0.5, 0.6) is 0 Å². The minimum atomic E-state index is 0.146. The van der Waals surface area contributed by atoms with Crippen molar-refractivity contribution in [1.29, 1.82) is 0 Å². The topological polar surface area (TPSA) is 37.4 Å². The van der Waals surface area contributed by atoms with Crippen molar-refractivity contribution in [2.24, 2.45) is 11.8 Å². The molecular formula is C12H21NO2S. The lowest BCUT2D eigenvalue weighted by Crippen LogP contribution is -2.27. The van der Waals surface area contributed by atoms with E-state index in [0.717, 1.165) is 25.3 Å². The van der Waals surface area contributed by atoms with Crippen LogP contribution in [-0.2, 0) is 9.59 Å². The molecule has 1 heterocycles. The van der Waals surface area contributed by atoms with Gasteiger partial charge in [-0.15, -0.1) is 0 Å². The number of hydrogen-bond acceptors (Lipinski definition) is 3. The first-order valence-electron chi connectivity index (χ1n) is 5.90. The number of hydrogen-bond donors (Lipinski definition) is 0. The summed E-state index contributed by atoms with van der Waals surface area (Å²) < 4.78 is 0. The van der Waals surface area contributed by atoms with Gasteiger partial charge in [-0.05, 0) is 18.3 Å². The lowest BCUT2D eigenvalue weighted by molar-refractivity contribution is -0.127. The van der Waals surface area contributed by atoms with Gasteiger partial charge in [-0.1, -0.05) is 25.6 Å². The molecule has 1 fully saturated rings. The summed E-state index contributed by atoms with van der Waals surface area (Å²) in [6.07, 6.45) is 1.69. The van der Waals surface area contributed by atoms with Gasteiger partial charge in [-0.25, -0.2) is 0 Å². The van der Waals surface area contributed by atoms with Crippen LogP contribution in [0.3, 0.4) is 0 Å². The largest absolute Gasteiger partial charge is 0.342 e. The second kappa shape index (κ2) is 6.28. The number of carbonyl (C=O) groups is 2. The first-order valence-corrected chi connectivity index (χ1v) is 6.88. The molecule has 0 aromatic rings. The van der Waals surface area contributed by atoms with Gasteiger partial charge in [0.15, 0.2) is 5.12 Å². The van der Waals surface area contributed by atoms with Gasteiger partial charge in [0.2, 0.25) is 5.91 Å². The molecule has 1 unspecified atom stereocenters. The van der Waals surface area contributed by atoms with E-state index in [0.29, 0.717) is 18.3 Å². The van der Waals surface area contributed by atoms with E-state index in [9.17, 15) is 9.59 Å². The van der Waals surface area contributed by atoms with Crippen LogP contribution in [0.25, 0.3) is 0 Å². The van der Waals surface area contributed by atoms with Crippen LogP contribution in [0, 0.1) is 11.8 Å². The summed E-state index contributed by atoms with van der Waals surface area (Å²) in [5.74, 6) is 2.06. The molecule has 16 heavy (non-hydrogen) atoms. The number of thioether (sulfide) groups is 1. The third kappa shape index (κ3) is 4.56. The highest BCUT2D eigenvalue weighted by Crippen LogP contribution is 2.22. The van der Waals surface area contributed by atoms with E-state index >= 15 is 0 Å². The Kier molecular flexibility index (Phi) is 5.32. The van der Waals surface area contributed by atoms with Crippen molar-refractivity contribution in [3.63, 3.8) is 0 Å². The molecule has 92 valence electrons. The predicted octanol–water partition coefficient (Wildman–Crippen LogP) is 2.16. The smallest absolute Gasteiger partial charge is 0.222 e. The quantitative estimate of drug-likeness (QED) is 0.742. The molecular weight excluding hydrogens is 222 g/mol. The first kappa shape index (κ1) is 13.6. The Bertz CT molecular complexity index is 266. The highest BCUT2D eigenvalue weighted by Gasteiger charge is 2.29. The van der Waals surface area contributed by atoms with Gasteiger partial charge in [0.1, 0.15) is 0 Å². The summed E-state index contributed by atoms with van der Waals surface area (Å²) in [7, 11) is 0. The Morgan fingerprint density at radius 1 is 1.56 bits per heavy atom. The van der Waals surface area contributed by atoms with Crippen molar-refractivity contribution in [2.75, 3.05) is 18.8 Å². The molecule has 1 aliphatic heterocycles. The molecule has 0 bridgehead atoms. The lowest BCUT2D eigenvalue weighted by atomic mass is 10.1. The van der Waals surface area contributed by atoms with Crippen molar-refractivity contribution in [1.82, 2.24) is 4.90 Å². The minimum absolute atomic E-state index is 0.146. The number of carbonyl (C=O) groups excluding carboxylic acids is 2. The highest BCUT2D eigenvalue weighted by atomic mass is 32.2. The molecule has 0 aromatic heterocycles. The highest BCUT2D eigenvalue weighted by molar-refractivity contribution is 8.13. The fourth-order valence-corrected chi connectivity index (χ4v) is 2.52. The SMILES string of the molecule is CC(=O)SCC1CC(=O)N(CCC(C)C)C1. The summed E-state index contributed by atoms with van der Waals surface area (Å²) in [6.45, 7) is 7.63. The number of likely N-dealkylation sites (tertiary alicyclic amines) is 1. The zero-order valence-corrected chi connectivity index (χ0v) is 11.2. The maximum absolute atomic E-state index is 11.7. The van der Waals surface area contributed by atoms with E-state index in [1.54, 1.807) is 6.92 Å². The van der Waals surface area contributed by atoms with E-state index in [-0.39, 0.29) is 11.0 Å². The van der Waals surface area contributed by atoms with Crippen LogP contribution < -0.4 is 0 Å². The van der Waals surface area contributed by atoms with E-state index in [1.165, 1.54) is 11.8 Å². The Hall–Kier alpha value is -0.510. The first-order chi connectivity index (χ1) is 7.49. The van der Waals surface area contributed by atoms with Gasteiger partial charge in [0.25, 0.3) is 0 Å². The zero-order chi connectivity index (χ0) is 12.1. The van der Waals surface area contributed by atoms with E-state index in [4.69, 9.17) is 0 Å². The normalized spacial score (nSPS) is 20.9. The summed E-state index contributed by atoms with van der Waals surface area (Å²) in [4.78, 5) is 24.5. The Morgan fingerprint density at radius 2 is 2.25 bits per heavy atom. The van der Waals surface area contributed by atoms with Crippen molar-refractivity contribution < 1.29 is 9.59 Å². The Balaban J connectivity index is 2.29. The van der Waals surface area contributed by atoms with Gasteiger partial charge in [0, 0.05) is 32.2 Å². The summed E-state index contributed by atoms with van der Waals surface area (Å²) in [5.41, 5.74) is 0. The predicted molar refractivity (Wildman–Crippen MR) is 67.3 cm³/mol. The van der Waals surface area contributed by atoms with Gasteiger partial charge < -0.3 is 4.90 Å². The third-order valence-corrected chi connectivity index (χ3v) is 3.84. The Labute approximate surface area is 102 Å². The molecule has 4 heteroatoms. The minimum Gasteiger partial charge on any atom is -0.342 e. The molecule has 1 amide bonds. The maximum atomic E-state index is 11.7. The van der Waals surface area contributed by atoms with Gasteiger partial charge in [-0.2, -0.15) is 0 Å². The molecule has 3 nitrogen and oxygen atoms in total. The number of nitrogens with zero attached hydrogens (tertiary/aromatic N) is 1. The fourth-order valence-electron chi connectivity index (χ4n) is 1.83. The van der Waals surface area contributed by atoms with E-state index < -0.39 is 0 Å². The fraction of sp³-hybridized carbons (Fsp3) is 0.833. The second-order valence-electron chi connectivity index (χ2n) is 4.90. The number of amides is 1. The summed E-state index contributed by atoms with van der Waals surface area (Å²) in [6, 6.07) is 0. The van der Waals surface area contributed by atoms with E-state index in [1.807, 2.05) is 4.90 Å². The average molecular weight is 243 g/mol. The van der Waals surface area contributed by atoms with Crippen molar-refractivity contribution >= 4 is 22.8 Å². The molecule has 0 saturated carbocycles. The standard InChI is InChI=1S/C12H21NO2S/c1-9(2)4-5-13-7-11(6-12(13)15)8-16-10(3)14/h9,11H,4-8H2,1-3H3. The van der Waals surface area contributed by atoms with Crippen LogP contribution in [0.1, 0.15) is 33.6 Å². The van der Waals surface area contributed by atoms with Crippen LogP contribution >= 0.6 is 11.8 Å². The maximum Gasteiger partial charge on any atom is 0.222 e. The van der Waals surface area contributed by atoms with Crippen molar-refractivity contribution in [2.45, 2.75) is 33.6 Å². The van der Waals surface area contributed by atoms with Crippen LogP contribution in [0.15, 0.2) is 0 Å². The van der Waals surface area contributed by atoms with Crippen molar-refractivity contribution in [3.05, 3.63) is 0 Å². The molecule has 0 aromatic carbocycles. The van der Waals surface area contributed by atoms with Gasteiger partial charge >= 0.3 is 0 Å². The monoisotopic (exact) mass is 243 g/mol. The third-order valence-electron chi connectivity index (χ3n) is 2.79. The molecule has 0 N–H and O–H groups in total. The average Bonchev–Trinajstić information content (AvgIpc) is 2.53. The second-order valence-corrected chi connectivity index (χ2v) is 6.09. The van der Waals surface area contributed by atoms with Gasteiger partial charge in [-0.3, -0.25) is 9.59 Å². The molecule has 1 aliphatic rings. The molecule has 0 aliphatic carbocycles. The summed E-state index contributed by atoms with van der Waals surface area (Å²) in [5, 5.41) is 0.146. The summed E-state index contributed by atoms with van der Waals surface area (Å²) >= 11 is 1.34. The molecule has 0 radical (unpaired) electrons.